The standard InChI is InChI=1S/C13H19NO.H2/c1-9(2)11-6-5-7-12(8-11)13(15)14-10(3)4;/h5-10H,1-4H3,(H,14,15);1H. The molecule has 1 amide bonds. The van der Waals surface area contributed by atoms with Gasteiger partial charge in [0, 0.05) is 13.0 Å². The summed E-state index contributed by atoms with van der Waals surface area (Å²) in [5, 5.41) is 2.89. The van der Waals surface area contributed by atoms with Crippen LogP contribution in [0.5, 0.6) is 0 Å². The zero-order valence-electron chi connectivity index (χ0n) is 9.87. The van der Waals surface area contributed by atoms with Crippen molar-refractivity contribution in [2.45, 2.75) is 39.7 Å². The fraction of sp³-hybridized carbons (Fsp3) is 0.462. The normalized spacial score (nSPS) is 10.8. The van der Waals surface area contributed by atoms with Crippen molar-refractivity contribution in [3.8, 4) is 0 Å². The molecule has 0 radical (unpaired) electrons. The fourth-order valence-corrected chi connectivity index (χ4v) is 1.38. The van der Waals surface area contributed by atoms with Crippen molar-refractivity contribution in [3.05, 3.63) is 35.4 Å². The Labute approximate surface area is 93.2 Å². The van der Waals surface area contributed by atoms with E-state index < -0.39 is 0 Å². The lowest BCUT2D eigenvalue weighted by molar-refractivity contribution is 0.0943. The number of benzene rings is 1. The summed E-state index contributed by atoms with van der Waals surface area (Å²) >= 11 is 0. The van der Waals surface area contributed by atoms with Crippen molar-refractivity contribution in [1.82, 2.24) is 5.32 Å². The number of amides is 1. The van der Waals surface area contributed by atoms with Crippen molar-refractivity contribution in [2.75, 3.05) is 0 Å². The van der Waals surface area contributed by atoms with E-state index in [1.54, 1.807) is 0 Å². The minimum Gasteiger partial charge on any atom is -0.350 e. The highest BCUT2D eigenvalue weighted by Gasteiger charge is 2.08. The van der Waals surface area contributed by atoms with Gasteiger partial charge in [-0.05, 0) is 37.5 Å². The van der Waals surface area contributed by atoms with E-state index in [4.69, 9.17) is 0 Å². The summed E-state index contributed by atoms with van der Waals surface area (Å²) in [6, 6.07) is 7.98. The summed E-state index contributed by atoms with van der Waals surface area (Å²) in [4.78, 5) is 11.7. The lowest BCUT2D eigenvalue weighted by Gasteiger charge is -2.10. The van der Waals surface area contributed by atoms with Crippen LogP contribution in [0.3, 0.4) is 0 Å². The maximum atomic E-state index is 11.7. The van der Waals surface area contributed by atoms with Crippen molar-refractivity contribution in [3.63, 3.8) is 0 Å². The van der Waals surface area contributed by atoms with Gasteiger partial charge in [-0.25, -0.2) is 0 Å². The van der Waals surface area contributed by atoms with Crippen LogP contribution in [0.4, 0.5) is 0 Å². The lowest BCUT2D eigenvalue weighted by atomic mass is 10.0. The zero-order valence-corrected chi connectivity index (χ0v) is 9.87. The third-order valence-electron chi connectivity index (χ3n) is 2.24. The summed E-state index contributed by atoms with van der Waals surface area (Å²) in [7, 11) is 0. The number of carbonyl (C=O) groups is 1. The Bertz CT molecular complexity index is 348. The van der Waals surface area contributed by atoms with Crippen LogP contribution in [0.15, 0.2) is 24.3 Å². The molecule has 0 unspecified atom stereocenters. The molecule has 0 aromatic heterocycles. The third kappa shape index (κ3) is 3.39. The number of rotatable bonds is 3. The molecule has 0 fully saturated rings. The molecule has 84 valence electrons. The summed E-state index contributed by atoms with van der Waals surface area (Å²) in [6.07, 6.45) is 0. The molecule has 0 saturated heterocycles. The molecule has 0 aliphatic carbocycles. The second kappa shape index (κ2) is 4.96. The molecule has 0 aliphatic rings. The SMILES string of the molecule is CC(C)NC(=O)c1cccc(C(C)C)c1.[HH]. The minimum atomic E-state index is 0. The minimum absolute atomic E-state index is 0. The third-order valence-corrected chi connectivity index (χ3v) is 2.24. The zero-order chi connectivity index (χ0) is 11.4. The molecule has 0 spiro atoms. The van der Waals surface area contributed by atoms with Crippen LogP contribution in [0.2, 0.25) is 0 Å². The largest absolute Gasteiger partial charge is 0.350 e. The van der Waals surface area contributed by atoms with Gasteiger partial charge in [0.2, 0.25) is 0 Å². The van der Waals surface area contributed by atoms with Crippen molar-refractivity contribution in [1.29, 1.82) is 0 Å². The molecule has 2 heteroatoms. The van der Waals surface area contributed by atoms with Crippen LogP contribution in [0.25, 0.3) is 0 Å². The van der Waals surface area contributed by atoms with E-state index in [-0.39, 0.29) is 13.4 Å². The smallest absolute Gasteiger partial charge is 0.251 e. The second-order valence-electron chi connectivity index (χ2n) is 4.41. The van der Waals surface area contributed by atoms with Crippen LogP contribution in [-0.4, -0.2) is 11.9 Å². The summed E-state index contributed by atoms with van der Waals surface area (Å²) in [6.45, 7) is 8.17. The lowest BCUT2D eigenvalue weighted by Crippen LogP contribution is -2.30. The number of carbonyl (C=O) groups excluding carboxylic acids is 1. The summed E-state index contributed by atoms with van der Waals surface area (Å²) in [5.41, 5.74) is 1.95. The Balaban J connectivity index is 0.00000225. The fourth-order valence-electron chi connectivity index (χ4n) is 1.38. The Morgan fingerprint density at radius 3 is 2.47 bits per heavy atom. The highest BCUT2D eigenvalue weighted by Crippen LogP contribution is 2.15. The average Bonchev–Trinajstić information content (AvgIpc) is 2.17. The number of hydrogen-bond donors (Lipinski definition) is 1. The van der Waals surface area contributed by atoms with Crippen LogP contribution < -0.4 is 5.32 Å². The van der Waals surface area contributed by atoms with Gasteiger partial charge in [0.1, 0.15) is 0 Å². The van der Waals surface area contributed by atoms with Gasteiger partial charge in [-0.2, -0.15) is 0 Å². The Kier molecular flexibility index (Phi) is 3.89. The van der Waals surface area contributed by atoms with Crippen molar-refractivity contribution in [2.24, 2.45) is 0 Å². The second-order valence-corrected chi connectivity index (χ2v) is 4.41. The van der Waals surface area contributed by atoms with E-state index in [9.17, 15) is 4.79 Å². The molecule has 0 saturated carbocycles. The molecular formula is C13H21NO. The predicted octanol–water partition coefficient (Wildman–Crippen LogP) is 3.19. The van der Waals surface area contributed by atoms with E-state index in [2.05, 4.69) is 25.2 Å². The van der Waals surface area contributed by atoms with Gasteiger partial charge in [-0.1, -0.05) is 26.0 Å². The van der Waals surface area contributed by atoms with Gasteiger partial charge in [-0.3, -0.25) is 4.79 Å². The van der Waals surface area contributed by atoms with Crippen molar-refractivity contribution < 1.29 is 6.22 Å². The number of nitrogens with one attached hydrogen (secondary N) is 1. The molecule has 1 N–H and O–H groups in total. The van der Waals surface area contributed by atoms with E-state index in [0.717, 1.165) is 5.56 Å². The first kappa shape index (κ1) is 11.8. The van der Waals surface area contributed by atoms with Gasteiger partial charge < -0.3 is 5.32 Å². The topological polar surface area (TPSA) is 29.1 Å². The monoisotopic (exact) mass is 207 g/mol. The van der Waals surface area contributed by atoms with Gasteiger partial charge in [0.25, 0.3) is 5.91 Å². The van der Waals surface area contributed by atoms with Gasteiger partial charge >= 0.3 is 0 Å². The van der Waals surface area contributed by atoms with E-state index in [0.29, 0.717) is 5.92 Å². The van der Waals surface area contributed by atoms with E-state index in [1.807, 2.05) is 32.0 Å². The van der Waals surface area contributed by atoms with Crippen LogP contribution in [0, 0.1) is 0 Å². The van der Waals surface area contributed by atoms with Gasteiger partial charge in [0.05, 0.1) is 0 Å². The maximum Gasteiger partial charge on any atom is 0.251 e. The van der Waals surface area contributed by atoms with Crippen LogP contribution >= 0.6 is 0 Å². The summed E-state index contributed by atoms with van der Waals surface area (Å²) < 4.78 is 0. The highest BCUT2D eigenvalue weighted by atomic mass is 16.1. The molecule has 2 nitrogen and oxygen atoms in total. The molecule has 0 bridgehead atoms. The molecule has 0 aliphatic heterocycles. The average molecular weight is 207 g/mol. The van der Waals surface area contributed by atoms with Crippen LogP contribution in [-0.2, 0) is 0 Å². The Hall–Kier alpha value is -1.31. The molecule has 1 aromatic carbocycles. The number of hydrogen-bond acceptors (Lipinski definition) is 1. The Morgan fingerprint density at radius 2 is 1.93 bits per heavy atom. The maximum absolute atomic E-state index is 11.7. The molecule has 1 aromatic rings. The van der Waals surface area contributed by atoms with E-state index in [1.165, 1.54) is 5.56 Å². The van der Waals surface area contributed by atoms with Gasteiger partial charge in [0.15, 0.2) is 0 Å². The molecular weight excluding hydrogens is 186 g/mol. The summed E-state index contributed by atoms with van der Waals surface area (Å²) in [5.74, 6) is 0.462. The molecule has 1 rings (SSSR count). The van der Waals surface area contributed by atoms with Crippen molar-refractivity contribution >= 4 is 5.91 Å². The van der Waals surface area contributed by atoms with Crippen LogP contribution in [0.1, 0.15) is 51.0 Å². The Morgan fingerprint density at radius 1 is 1.27 bits per heavy atom. The molecule has 0 heterocycles. The molecule has 0 atom stereocenters. The first-order valence-electron chi connectivity index (χ1n) is 5.41. The quantitative estimate of drug-likeness (QED) is 0.810. The predicted molar refractivity (Wildman–Crippen MR) is 65.2 cm³/mol. The first-order chi connectivity index (χ1) is 7.00. The first-order valence-corrected chi connectivity index (χ1v) is 5.41. The highest BCUT2D eigenvalue weighted by molar-refractivity contribution is 5.94. The molecule has 15 heavy (non-hydrogen) atoms. The van der Waals surface area contributed by atoms with E-state index >= 15 is 0 Å². The van der Waals surface area contributed by atoms with Gasteiger partial charge in [-0.15, -0.1) is 0 Å².